The van der Waals surface area contributed by atoms with E-state index in [4.69, 9.17) is 9.47 Å². The maximum atomic E-state index is 13.8. The molecular formula is C21H19F2N3O3. The third kappa shape index (κ3) is 4.98. The summed E-state index contributed by atoms with van der Waals surface area (Å²) >= 11 is 0. The number of carbonyl (C=O) groups is 1. The number of methoxy groups -OCH3 is 2. The molecule has 29 heavy (non-hydrogen) atoms. The highest BCUT2D eigenvalue weighted by atomic mass is 19.1. The van der Waals surface area contributed by atoms with E-state index in [0.29, 0.717) is 17.2 Å². The molecule has 2 aromatic carbocycles. The van der Waals surface area contributed by atoms with Gasteiger partial charge in [0, 0.05) is 18.8 Å². The summed E-state index contributed by atoms with van der Waals surface area (Å²) in [6.45, 7) is 0.267. The number of hydrogen-bond donors (Lipinski definition) is 2. The Hall–Kier alpha value is -3.68. The first kappa shape index (κ1) is 20.1. The molecule has 0 radical (unpaired) electrons. The van der Waals surface area contributed by atoms with Crippen LogP contribution in [-0.4, -0.2) is 25.1 Å². The average Bonchev–Trinajstić information content (AvgIpc) is 2.74. The van der Waals surface area contributed by atoms with Gasteiger partial charge < -0.3 is 20.1 Å². The van der Waals surface area contributed by atoms with Gasteiger partial charge >= 0.3 is 0 Å². The van der Waals surface area contributed by atoms with Crippen molar-refractivity contribution in [2.75, 3.05) is 19.5 Å². The molecule has 0 saturated heterocycles. The van der Waals surface area contributed by atoms with E-state index in [-0.39, 0.29) is 23.7 Å². The fourth-order valence-corrected chi connectivity index (χ4v) is 2.65. The first-order chi connectivity index (χ1) is 14.0. The Labute approximate surface area is 166 Å². The lowest BCUT2D eigenvalue weighted by molar-refractivity contribution is 0.0950. The van der Waals surface area contributed by atoms with Gasteiger partial charge in [-0.25, -0.2) is 8.78 Å². The molecular weight excluding hydrogens is 380 g/mol. The standard InChI is InChI=1S/C21H19F2N3O3/c1-28-19-6-3-13(7-20(19)29-2)10-25-21(27)14-8-16(12-24-11-14)26-18-5-4-15(22)9-17(18)23/h3-9,11-12,26H,10H2,1-2H3,(H,25,27). The Balaban J connectivity index is 1.68. The zero-order chi connectivity index (χ0) is 20.8. The quantitative estimate of drug-likeness (QED) is 0.627. The lowest BCUT2D eigenvalue weighted by atomic mass is 10.2. The predicted octanol–water partition coefficient (Wildman–Crippen LogP) is 4.05. The number of rotatable bonds is 7. The van der Waals surface area contributed by atoms with Crippen molar-refractivity contribution in [3.05, 3.63) is 77.6 Å². The van der Waals surface area contributed by atoms with E-state index >= 15 is 0 Å². The van der Waals surface area contributed by atoms with Gasteiger partial charge in [0.15, 0.2) is 11.5 Å². The SMILES string of the molecule is COc1ccc(CNC(=O)c2cncc(Nc3ccc(F)cc3F)c2)cc1OC. The van der Waals surface area contributed by atoms with Crippen LogP contribution in [0.1, 0.15) is 15.9 Å². The molecule has 0 saturated carbocycles. The maximum Gasteiger partial charge on any atom is 0.253 e. The molecule has 3 rings (SSSR count). The van der Waals surface area contributed by atoms with Gasteiger partial charge in [-0.15, -0.1) is 0 Å². The van der Waals surface area contributed by atoms with Crippen molar-refractivity contribution in [3.8, 4) is 11.5 Å². The number of benzene rings is 2. The molecule has 150 valence electrons. The Morgan fingerprint density at radius 2 is 1.79 bits per heavy atom. The minimum Gasteiger partial charge on any atom is -0.493 e. The Morgan fingerprint density at radius 1 is 1.00 bits per heavy atom. The normalized spacial score (nSPS) is 10.3. The van der Waals surface area contributed by atoms with E-state index in [1.807, 2.05) is 6.07 Å². The molecule has 1 amide bonds. The molecule has 1 aromatic heterocycles. The number of anilines is 2. The zero-order valence-electron chi connectivity index (χ0n) is 15.8. The van der Waals surface area contributed by atoms with Crippen LogP contribution in [0.25, 0.3) is 0 Å². The second-order valence-corrected chi connectivity index (χ2v) is 6.08. The number of ether oxygens (including phenoxy) is 2. The summed E-state index contributed by atoms with van der Waals surface area (Å²) in [6, 6.07) is 10.0. The molecule has 0 fully saturated rings. The second kappa shape index (κ2) is 9.01. The van der Waals surface area contributed by atoms with Crippen LogP contribution in [0.3, 0.4) is 0 Å². The van der Waals surface area contributed by atoms with Gasteiger partial charge in [0.25, 0.3) is 5.91 Å². The lowest BCUT2D eigenvalue weighted by Crippen LogP contribution is -2.23. The lowest BCUT2D eigenvalue weighted by Gasteiger charge is -2.11. The van der Waals surface area contributed by atoms with Crippen molar-refractivity contribution in [2.45, 2.75) is 6.54 Å². The highest BCUT2D eigenvalue weighted by Gasteiger charge is 2.10. The van der Waals surface area contributed by atoms with Crippen molar-refractivity contribution < 1.29 is 23.0 Å². The summed E-state index contributed by atoms with van der Waals surface area (Å²) in [6.07, 6.45) is 2.84. The average molecular weight is 399 g/mol. The minimum atomic E-state index is -0.742. The van der Waals surface area contributed by atoms with Crippen LogP contribution in [-0.2, 0) is 6.54 Å². The number of halogens is 2. The first-order valence-electron chi connectivity index (χ1n) is 8.66. The molecule has 0 aliphatic heterocycles. The van der Waals surface area contributed by atoms with Gasteiger partial charge in [-0.3, -0.25) is 9.78 Å². The van der Waals surface area contributed by atoms with E-state index in [9.17, 15) is 13.6 Å². The molecule has 0 bridgehead atoms. The number of hydrogen-bond acceptors (Lipinski definition) is 5. The number of pyridine rings is 1. The molecule has 0 atom stereocenters. The van der Waals surface area contributed by atoms with Gasteiger partial charge in [0.1, 0.15) is 11.6 Å². The van der Waals surface area contributed by atoms with Crippen LogP contribution >= 0.6 is 0 Å². The summed E-state index contributed by atoms with van der Waals surface area (Å²) in [5, 5.41) is 5.57. The zero-order valence-corrected chi connectivity index (χ0v) is 15.8. The number of aromatic nitrogens is 1. The molecule has 0 aliphatic rings. The number of carbonyl (C=O) groups excluding carboxylic acids is 1. The molecule has 3 aromatic rings. The Kier molecular flexibility index (Phi) is 6.23. The van der Waals surface area contributed by atoms with Crippen LogP contribution in [0.2, 0.25) is 0 Å². The Morgan fingerprint density at radius 3 is 2.52 bits per heavy atom. The van der Waals surface area contributed by atoms with E-state index < -0.39 is 11.6 Å². The van der Waals surface area contributed by atoms with Gasteiger partial charge in [-0.1, -0.05) is 6.07 Å². The number of nitrogens with zero attached hydrogens (tertiary/aromatic N) is 1. The van der Waals surface area contributed by atoms with Gasteiger partial charge in [-0.05, 0) is 35.9 Å². The molecule has 0 spiro atoms. The maximum absolute atomic E-state index is 13.8. The van der Waals surface area contributed by atoms with Crippen LogP contribution in [0.5, 0.6) is 11.5 Å². The summed E-state index contributed by atoms with van der Waals surface area (Å²) in [5.41, 5.74) is 1.59. The summed E-state index contributed by atoms with van der Waals surface area (Å²) in [4.78, 5) is 16.5. The van der Waals surface area contributed by atoms with Crippen LogP contribution < -0.4 is 20.1 Å². The van der Waals surface area contributed by atoms with Gasteiger partial charge in [0.05, 0.1) is 37.4 Å². The van der Waals surface area contributed by atoms with Crippen molar-refractivity contribution >= 4 is 17.3 Å². The largest absolute Gasteiger partial charge is 0.493 e. The van der Waals surface area contributed by atoms with E-state index in [2.05, 4.69) is 15.6 Å². The third-order valence-corrected chi connectivity index (χ3v) is 4.11. The summed E-state index contributed by atoms with van der Waals surface area (Å²) in [7, 11) is 3.08. The molecule has 8 heteroatoms. The minimum absolute atomic E-state index is 0.0797. The predicted molar refractivity (Wildman–Crippen MR) is 105 cm³/mol. The monoisotopic (exact) mass is 399 g/mol. The van der Waals surface area contributed by atoms with Crippen LogP contribution in [0.15, 0.2) is 54.9 Å². The number of nitrogens with one attached hydrogen (secondary N) is 2. The van der Waals surface area contributed by atoms with Crippen molar-refractivity contribution in [1.82, 2.24) is 10.3 Å². The molecule has 0 aliphatic carbocycles. The third-order valence-electron chi connectivity index (χ3n) is 4.11. The topological polar surface area (TPSA) is 72.5 Å². The number of amides is 1. The van der Waals surface area contributed by atoms with Crippen molar-refractivity contribution in [3.63, 3.8) is 0 Å². The Bertz CT molecular complexity index is 1030. The van der Waals surface area contributed by atoms with Crippen molar-refractivity contribution in [2.24, 2.45) is 0 Å². The molecule has 2 N–H and O–H groups in total. The van der Waals surface area contributed by atoms with Gasteiger partial charge in [-0.2, -0.15) is 0 Å². The van der Waals surface area contributed by atoms with Crippen LogP contribution in [0.4, 0.5) is 20.2 Å². The highest BCUT2D eigenvalue weighted by Crippen LogP contribution is 2.27. The smallest absolute Gasteiger partial charge is 0.253 e. The fourth-order valence-electron chi connectivity index (χ4n) is 2.65. The molecule has 1 heterocycles. The van der Waals surface area contributed by atoms with E-state index in [0.717, 1.165) is 17.7 Å². The first-order valence-corrected chi connectivity index (χ1v) is 8.66. The van der Waals surface area contributed by atoms with Gasteiger partial charge in [0.2, 0.25) is 0 Å². The summed E-state index contributed by atoms with van der Waals surface area (Å²) < 4.78 is 37.3. The highest BCUT2D eigenvalue weighted by molar-refractivity contribution is 5.94. The van der Waals surface area contributed by atoms with Crippen LogP contribution in [0, 0.1) is 11.6 Å². The summed E-state index contributed by atoms with van der Waals surface area (Å²) in [5.74, 6) is -0.606. The molecule has 0 unspecified atom stereocenters. The van der Waals surface area contributed by atoms with Crippen molar-refractivity contribution in [1.29, 1.82) is 0 Å². The van der Waals surface area contributed by atoms with E-state index in [1.165, 1.54) is 31.6 Å². The molecule has 6 nitrogen and oxygen atoms in total. The fraction of sp³-hybridized carbons (Fsp3) is 0.143. The van der Waals surface area contributed by atoms with E-state index in [1.54, 1.807) is 19.2 Å². The second-order valence-electron chi connectivity index (χ2n) is 6.08.